The van der Waals surface area contributed by atoms with Crippen LogP contribution in [-0.4, -0.2) is 39.0 Å². The van der Waals surface area contributed by atoms with E-state index in [0.29, 0.717) is 18.9 Å². The summed E-state index contributed by atoms with van der Waals surface area (Å²) in [6, 6.07) is 4.89. The minimum atomic E-state index is -3.54. The van der Waals surface area contributed by atoms with Crippen LogP contribution in [-0.2, 0) is 14.8 Å². The summed E-state index contributed by atoms with van der Waals surface area (Å²) in [4.78, 5) is 0.169. The molecule has 0 amide bonds. The average molecular weight is 270 g/mol. The second-order valence-electron chi connectivity index (χ2n) is 4.58. The van der Waals surface area contributed by atoms with Crippen molar-refractivity contribution in [2.45, 2.75) is 24.3 Å². The lowest BCUT2D eigenvalue weighted by atomic mass is 10.2. The maximum atomic E-state index is 12.4. The van der Waals surface area contributed by atoms with Gasteiger partial charge in [-0.1, -0.05) is 6.07 Å². The van der Waals surface area contributed by atoms with E-state index in [1.54, 1.807) is 25.2 Å². The molecule has 100 valence electrons. The van der Waals surface area contributed by atoms with Crippen molar-refractivity contribution in [2.24, 2.45) is 0 Å². The molecule has 2 rings (SSSR count). The van der Waals surface area contributed by atoms with Crippen LogP contribution in [0.15, 0.2) is 23.1 Å². The summed E-state index contributed by atoms with van der Waals surface area (Å²) in [5.74, 6) is 0. The Morgan fingerprint density at radius 1 is 1.44 bits per heavy atom. The summed E-state index contributed by atoms with van der Waals surface area (Å²) in [5, 5.41) is 0. The molecule has 5 nitrogen and oxygen atoms in total. The molecule has 1 aliphatic rings. The molecule has 0 radical (unpaired) electrons. The normalized spacial score (nSPS) is 20.5. The SMILES string of the molecule is Cc1ccc(S(=O)(=O)N(C)C2CCOC2)c(N)c1. The van der Waals surface area contributed by atoms with Crippen molar-refractivity contribution in [3.8, 4) is 0 Å². The van der Waals surface area contributed by atoms with Gasteiger partial charge in [0.2, 0.25) is 10.0 Å². The van der Waals surface area contributed by atoms with Gasteiger partial charge >= 0.3 is 0 Å². The third-order valence-electron chi connectivity index (χ3n) is 3.24. The Kier molecular flexibility index (Phi) is 3.61. The molecule has 1 aromatic rings. The third-order valence-corrected chi connectivity index (χ3v) is 5.23. The van der Waals surface area contributed by atoms with Crippen LogP contribution >= 0.6 is 0 Å². The van der Waals surface area contributed by atoms with Gasteiger partial charge in [0.05, 0.1) is 18.3 Å². The summed E-state index contributed by atoms with van der Waals surface area (Å²) >= 11 is 0. The molecule has 0 aliphatic carbocycles. The number of hydrogen-bond acceptors (Lipinski definition) is 4. The molecular formula is C12H18N2O3S. The zero-order valence-electron chi connectivity index (χ0n) is 10.6. The van der Waals surface area contributed by atoms with Crippen LogP contribution in [0.1, 0.15) is 12.0 Å². The predicted molar refractivity (Wildman–Crippen MR) is 69.8 cm³/mol. The third kappa shape index (κ3) is 2.36. The Morgan fingerprint density at radius 2 is 2.17 bits per heavy atom. The van der Waals surface area contributed by atoms with E-state index in [-0.39, 0.29) is 10.9 Å². The zero-order chi connectivity index (χ0) is 13.3. The topological polar surface area (TPSA) is 72.6 Å². The molecule has 6 heteroatoms. The van der Waals surface area contributed by atoms with Crippen molar-refractivity contribution in [3.63, 3.8) is 0 Å². The van der Waals surface area contributed by atoms with Gasteiger partial charge in [-0.15, -0.1) is 0 Å². The summed E-state index contributed by atoms with van der Waals surface area (Å²) in [5.41, 5.74) is 7.04. The molecule has 1 atom stereocenters. The van der Waals surface area contributed by atoms with Crippen LogP contribution in [0, 0.1) is 6.92 Å². The van der Waals surface area contributed by atoms with Crippen molar-refractivity contribution in [1.29, 1.82) is 0 Å². The molecule has 1 aliphatic heterocycles. The number of nitrogens with zero attached hydrogens (tertiary/aromatic N) is 1. The number of benzene rings is 1. The molecule has 1 saturated heterocycles. The van der Waals surface area contributed by atoms with E-state index in [0.717, 1.165) is 12.0 Å². The molecule has 1 fully saturated rings. The minimum Gasteiger partial charge on any atom is -0.398 e. The molecule has 0 aromatic heterocycles. The number of nitrogen functional groups attached to an aromatic ring is 1. The molecule has 0 bridgehead atoms. The molecule has 1 heterocycles. The van der Waals surface area contributed by atoms with E-state index < -0.39 is 10.0 Å². The first kappa shape index (κ1) is 13.3. The van der Waals surface area contributed by atoms with Crippen molar-refractivity contribution < 1.29 is 13.2 Å². The summed E-state index contributed by atoms with van der Waals surface area (Å²) in [6.07, 6.45) is 0.724. The Bertz CT molecular complexity index is 536. The van der Waals surface area contributed by atoms with Gasteiger partial charge in [0.15, 0.2) is 0 Å². The standard InChI is InChI=1S/C12H18N2O3S/c1-9-3-4-12(11(13)7-9)18(15,16)14(2)10-5-6-17-8-10/h3-4,7,10H,5-6,8,13H2,1-2H3. The van der Waals surface area contributed by atoms with E-state index in [4.69, 9.17) is 10.5 Å². The van der Waals surface area contributed by atoms with Crippen LogP contribution in [0.2, 0.25) is 0 Å². The second kappa shape index (κ2) is 4.87. The highest BCUT2D eigenvalue weighted by molar-refractivity contribution is 7.89. The first-order chi connectivity index (χ1) is 8.43. The quantitative estimate of drug-likeness (QED) is 0.831. The van der Waals surface area contributed by atoms with E-state index >= 15 is 0 Å². The smallest absolute Gasteiger partial charge is 0.245 e. The van der Waals surface area contributed by atoms with Gasteiger partial charge in [-0.3, -0.25) is 0 Å². The van der Waals surface area contributed by atoms with Gasteiger partial charge in [0.25, 0.3) is 0 Å². The van der Waals surface area contributed by atoms with Crippen LogP contribution in [0.25, 0.3) is 0 Å². The van der Waals surface area contributed by atoms with Crippen molar-refractivity contribution in [1.82, 2.24) is 4.31 Å². The van der Waals surface area contributed by atoms with Gasteiger partial charge in [0.1, 0.15) is 4.90 Å². The fourth-order valence-corrected chi connectivity index (χ4v) is 3.53. The highest BCUT2D eigenvalue weighted by Gasteiger charge is 2.31. The Hall–Kier alpha value is -1.11. The summed E-state index contributed by atoms with van der Waals surface area (Å²) < 4.78 is 31.5. The van der Waals surface area contributed by atoms with E-state index in [1.807, 2.05) is 6.92 Å². The fraction of sp³-hybridized carbons (Fsp3) is 0.500. The molecule has 0 saturated carbocycles. The lowest BCUT2D eigenvalue weighted by Crippen LogP contribution is -2.37. The average Bonchev–Trinajstić information content (AvgIpc) is 2.80. The number of anilines is 1. The lowest BCUT2D eigenvalue weighted by Gasteiger charge is -2.23. The van der Waals surface area contributed by atoms with Gasteiger partial charge in [-0.2, -0.15) is 4.31 Å². The number of ether oxygens (including phenoxy) is 1. The van der Waals surface area contributed by atoms with Crippen molar-refractivity contribution in [3.05, 3.63) is 23.8 Å². The first-order valence-electron chi connectivity index (χ1n) is 5.85. The number of sulfonamides is 1. The van der Waals surface area contributed by atoms with Crippen LogP contribution in [0.5, 0.6) is 0 Å². The molecule has 1 aromatic carbocycles. The van der Waals surface area contributed by atoms with E-state index in [9.17, 15) is 8.42 Å². The van der Waals surface area contributed by atoms with Gasteiger partial charge < -0.3 is 10.5 Å². The first-order valence-corrected chi connectivity index (χ1v) is 7.29. The number of aryl methyl sites for hydroxylation is 1. The van der Waals surface area contributed by atoms with Crippen molar-refractivity contribution >= 4 is 15.7 Å². The number of hydrogen-bond donors (Lipinski definition) is 1. The maximum absolute atomic E-state index is 12.4. The monoisotopic (exact) mass is 270 g/mol. The highest BCUT2D eigenvalue weighted by atomic mass is 32.2. The number of nitrogens with two attached hydrogens (primary N) is 1. The minimum absolute atomic E-state index is 0.101. The molecule has 18 heavy (non-hydrogen) atoms. The summed E-state index contributed by atoms with van der Waals surface area (Å²) in [6.45, 7) is 2.93. The van der Waals surface area contributed by atoms with Crippen molar-refractivity contribution in [2.75, 3.05) is 26.0 Å². The number of likely N-dealkylation sites (N-methyl/N-ethyl adjacent to an activating group) is 1. The molecular weight excluding hydrogens is 252 g/mol. The maximum Gasteiger partial charge on any atom is 0.245 e. The Morgan fingerprint density at radius 3 is 2.72 bits per heavy atom. The van der Waals surface area contributed by atoms with Gasteiger partial charge in [-0.05, 0) is 31.0 Å². The van der Waals surface area contributed by atoms with Gasteiger partial charge in [-0.25, -0.2) is 8.42 Å². The predicted octanol–water partition coefficient (Wildman–Crippen LogP) is 0.987. The largest absolute Gasteiger partial charge is 0.398 e. The van der Waals surface area contributed by atoms with E-state index in [2.05, 4.69) is 0 Å². The molecule has 2 N–H and O–H groups in total. The highest BCUT2D eigenvalue weighted by Crippen LogP contribution is 2.25. The fourth-order valence-electron chi connectivity index (χ4n) is 2.06. The van der Waals surface area contributed by atoms with Crippen LogP contribution in [0.4, 0.5) is 5.69 Å². The Labute approximate surface area is 108 Å². The zero-order valence-corrected chi connectivity index (χ0v) is 11.4. The molecule has 0 spiro atoms. The van der Waals surface area contributed by atoms with Crippen LogP contribution < -0.4 is 5.73 Å². The second-order valence-corrected chi connectivity index (χ2v) is 6.55. The lowest BCUT2D eigenvalue weighted by molar-refractivity contribution is 0.181. The molecule has 1 unspecified atom stereocenters. The van der Waals surface area contributed by atoms with Crippen LogP contribution in [0.3, 0.4) is 0 Å². The van der Waals surface area contributed by atoms with Gasteiger partial charge in [0, 0.05) is 13.7 Å². The Balaban J connectivity index is 2.35. The summed E-state index contributed by atoms with van der Waals surface area (Å²) in [7, 11) is -1.96. The van der Waals surface area contributed by atoms with E-state index in [1.165, 1.54) is 4.31 Å². The number of rotatable bonds is 3.